The van der Waals surface area contributed by atoms with Crippen molar-refractivity contribution in [2.75, 3.05) is 0 Å². The lowest BCUT2D eigenvalue weighted by Gasteiger charge is -2.18. The highest BCUT2D eigenvalue weighted by Crippen LogP contribution is 2.31. The number of fused-ring (bicyclic) bond motifs is 1. The molecule has 2 atom stereocenters. The maximum atomic E-state index is 13.1. The van der Waals surface area contributed by atoms with Gasteiger partial charge in [0.25, 0.3) is 0 Å². The Morgan fingerprint density at radius 2 is 1.96 bits per heavy atom. The lowest BCUT2D eigenvalue weighted by atomic mass is 10.1. The number of carbonyl (C=O) groups excluding carboxylic acids is 1. The Balaban J connectivity index is 1.60. The van der Waals surface area contributed by atoms with Crippen LogP contribution in [0.2, 0.25) is 0 Å². The van der Waals surface area contributed by atoms with Gasteiger partial charge in [-0.15, -0.1) is 0 Å². The zero-order valence-corrected chi connectivity index (χ0v) is 12.4. The van der Waals surface area contributed by atoms with Crippen molar-refractivity contribution in [2.45, 2.75) is 31.4 Å². The molecule has 5 heteroatoms. The van der Waals surface area contributed by atoms with Crippen molar-refractivity contribution >= 4 is 5.91 Å². The van der Waals surface area contributed by atoms with Crippen LogP contribution in [-0.2, 0) is 17.6 Å². The van der Waals surface area contributed by atoms with Gasteiger partial charge in [-0.3, -0.25) is 4.79 Å². The summed E-state index contributed by atoms with van der Waals surface area (Å²) < 4.78 is 26.0. The summed E-state index contributed by atoms with van der Waals surface area (Å²) in [5.41, 5.74) is 2.53. The van der Waals surface area contributed by atoms with Crippen molar-refractivity contribution in [3.63, 3.8) is 0 Å². The van der Waals surface area contributed by atoms with E-state index in [1.807, 2.05) is 24.3 Å². The molecular weight excluding hydrogens is 300 g/mol. The smallest absolute Gasteiger partial charge is 0.220 e. The first-order valence-corrected chi connectivity index (χ1v) is 7.54. The predicted octanol–water partition coefficient (Wildman–Crippen LogP) is 2.67. The van der Waals surface area contributed by atoms with Gasteiger partial charge >= 0.3 is 0 Å². The van der Waals surface area contributed by atoms with E-state index in [9.17, 15) is 18.7 Å². The van der Waals surface area contributed by atoms with Gasteiger partial charge in [-0.2, -0.15) is 0 Å². The molecule has 1 aliphatic carbocycles. The average molecular weight is 317 g/mol. The van der Waals surface area contributed by atoms with E-state index in [0.29, 0.717) is 18.4 Å². The maximum Gasteiger partial charge on any atom is 0.220 e. The van der Waals surface area contributed by atoms with Crippen molar-refractivity contribution < 1.29 is 18.7 Å². The van der Waals surface area contributed by atoms with Gasteiger partial charge in [0, 0.05) is 12.8 Å². The van der Waals surface area contributed by atoms with Crippen LogP contribution >= 0.6 is 0 Å². The number of aliphatic hydroxyl groups excluding tert-OH is 1. The highest BCUT2D eigenvalue weighted by Gasteiger charge is 2.31. The number of aryl methyl sites for hydroxylation is 1. The molecule has 0 aromatic heterocycles. The normalized spacial score (nSPS) is 19.4. The highest BCUT2D eigenvalue weighted by molar-refractivity contribution is 5.77. The topological polar surface area (TPSA) is 49.3 Å². The zero-order chi connectivity index (χ0) is 16.4. The number of hydrogen-bond acceptors (Lipinski definition) is 2. The second kappa shape index (κ2) is 6.46. The van der Waals surface area contributed by atoms with Crippen LogP contribution in [0.1, 0.15) is 29.2 Å². The number of hydrogen-bond donors (Lipinski definition) is 2. The molecule has 0 unspecified atom stereocenters. The monoisotopic (exact) mass is 317 g/mol. The fourth-order valence-corrected chi connectivity index (χ4v) is 2.95. The molecule has 2 N–H and O–H groups in total. The fraction of sp³-hybridized carbons (Fsp3) is 0.278. The van der Waals surface area contributed by atoms with Crippen LogP contribution < -0.4 is 5.32 Å². The Hall–Kier alpha value is -2.27. The van der Waals surface area contributed by atoms with E-state index < -0.39 is 23.8 Å². The summed E-state index contributed by atoms with van der Waals surface area (Å²) >= 11 is 0. The molecule has 0 spiro atoms. The van der Waals surface area contributed by atoms with E-state index in [0.717, 1.165) is 23.3 Å². The third-order valence-electron chi connectivity index (χ3n) is 4.15. The first kappa shape index (κ1) is 15.6. The summed E-state index contributed by atoms with van der Waals surface area (Å²) in [5.74, 6) is -2.04. The summed E-state index contributed by atoms with van der Waals surface area (Å²) in [6.45, 7) is 0. The van der Waals surface area contributed by atoms with E-state index in [1.165, 1.54) is 6.07 Å². The lowest BCUT2D eigenvalue weighted by Crippen LogP contribution is -2.33. The molecule has 2 aromatic carbocycles. The van der Waals surface area contributed by atoms with Gasteiger partial charge in [0.2, 0.25) is 5.91 Å². The molecule has 0 saturated carbocycles. The SMILES string of the molecule is O=C(CCc1ccc(F)c(F)c1)N[C@H]1c2ccccc2C[C@H]1O. The van der Waals surface area contributed by atoms with Gasteiger partial charge < -0.3 is 10.4 Å². The number of halogens is 2. The molecule has 120 valence electrons. The minimum absolute atomic E-state index is 0.149. The summed E-state index contributed by atoms with van der Waals surface area (Å²) in [6, 6.07) is 10.8. The van der Waals surface area contributed by atoms with Crippen molar-refractivity contribution in [1.82, 2.24) is 5.32 Å². The van der Waals surface area contributed by atoms with E-state index in [4.69, 9.17) is 0 Å². The molecule has 1 amide bonds. The van der Waals surface area contributed by atoms with E-state index in [2.05, 4.69) is 5.32 Å². The van der Waals surface area contributed by atoms with Crippen LogP contribution in [0, 0.1) is 11.6 Å². The predicted molar refractivity (Wildman–Crippen MR) is 81.7 cm³/mol. The van der Waals surface area contributed by atoms with Gasteiger partial charge in [-0.05, 0) is 35.2 Å². The third kappa shape index (κ3) is 3.40. The van der Waals surface area contributed by atoms with Crippen molar-refractivity contribution in [1.29, 1.82) is 0 Å². The van der Waals surface area contributed by atoms with Crippen molar-refractivity contribution in [3.8, 4) is 0 Å². The maximum absolute atomic E-state index is 13.1. The Bertz CT molecular complexity index is 733. The Morgan fingerprint density at radius 1 is 1.17 bits per heavy atom. The first-order valence-electron chi connectivity index (χ1n) is 7.54. The quantitative estimate of drug-likeness (QED) is 0.911. The average Bonchev–Trinajstić information content (AvgIpc) is 2.84. The largest absolute Gasteiger partial charge is 0.390 e. The van der Waals surface area contributed by atoms with Crippen LogP contribution in [0.15, 0.2) is 42.5 Å². The summed E-state index contributed by atoms with van der Waals surface area (Å²) in [6.07, 6.45) is 0.341. The molecular formula is C18H17F2NO2. The molecule has 3 nitrogen and oxygen atoms in total. The standard InChI is InChI=1S/C18H17F2NO2/c19-14-7-5-11(9-15(14)20)6-8-17(23)21-18-13-4-2-1-3-12(13)10-16(18)22/h1-5,7,9,16,18,22H,6,8,10H2,(H,21,23)/t16-,18+/m1/s1. The van der Waals surface area contributed by atoms with Crippen molar-refractivity contribution in [3.05, 3.63) is 70.8 Å². The van der Waals surface area contributed by atoms with Gasteiger partial charge in [0.15, 0.2) is 11.6 Å². The molecule has 0 aliphatic heterocycles. The van der Waals surface area contributed by atoms with Gasteiger partial charge in [-0.1, -0.05) is 30.3 Å². The molecule has 0 fully saturated rings. The summed E-state index contributed by atoms with van der Waals surface area (Å²) in [5, 5.41) is 12.9. The second-order valence-electron chi connectivity index (χ2n) is 5.76. The molecule has 3 rings (SSSR count). The molecule has 0 bridgehead atoms. The van der Waals surface area contributed by atoms with Crippen LogP contribution in [0.25, 0.3) is 0 Å². The van der Waals surface area contributed by atoms with Gasteiger partial charge in [0.05, 0.1) is 12.1 Å². The fourth-order valence-electron chi connectivity index (χ4n) is 2.95. The molecule has 0 saturated heterocycles. The molecule has 2 aromatic rings. The van der Waals surface area contributed by atoms with E-state index in [-0.39, 0.29) is 12.3 Å². The van der Waals surface area contributed by atoms with Gasteiger partial charge in [-0.25, -0.2) is 8.78 Å². The Labute approximate surface area is 133 Å². The molecule has 0 heterocycles. The third-order valence-corrected chi connectivity index (χ3v) is 4.15. The number of aliphatic hydroxyl groups is 1. The summed E-state index contributed by atoms with van der Waals surface area (Å²) in [4.78, 5) is 12.1. The first-order chi connectivity index (χ1) is 11.0. The molecule has 0 radical (unpaired) electrons. The molecule has 23 heavy (non-hydrogen) atoms. The number of benzene rings is 2. The van der Waals surface area contributed by atoms with Gasteiger partial charge in [0.1, 0.15) is 0 Å². The number of amides is 1. The Morgan fingerprint density at radius 3 is 2.74 bits per heavy atom. The van der Waals surface area contributed by atoms with Crippen LogP contribution in [-0.4, -0.2) is 17.1 Å². The van der Waals surface area contributed by atoms with Crippen LogP contribution in [0.3, 0.4) is 0 Å². The van der Waals surface area contributed by atoms with Crippen LogP contribution in [0.4, 0.5) is 8.78 Å². The highest BCUT2D eigenvalue weighted by atomic mass is 19.2. The molecule has 1 aliphatic rings. The minimum atomic E-state index is -0.914. The lowest BCUT2D eigenvalue weighted by molar-refractivity contribution is -0.122. The zero-order valence-electron chi connectivity index (χ0n) is 12.4. The second-order valence-corrected chi connectivity index (χ2v) is 5.76. The summed E-state index contributed by atoms with van der Waals surface area (Å²) in [7, 11) is 0. The minimum Gasteiger partial charge on any atom is -0.390 e. The van der Waals surface area contributed by atoms with Crippen LogP contribution in [0.5, 0.6) is 0 Å². The number of nitrogens with one attached hydrogen (secondary N) is 1. The van der Waals surface area contributed by atoms with E-state index >= 15 is 0 Å². The number of carbonyl (C=O) groups is 1. The van der Waals surface area contributed by atoms with E-state index in [1.54, 1.807) is 0 Å². The van der Waals surface area contributed by atoms with Crippen molar-refractivity contribution in [2.24, 2.45) is 0 Å². The number of rotatable bonds is 4. The Kier molecular flexibility index (Phi) is 4.39.